The van der Waals surface area contributed by atoms with Crippen LogP contribution in [-0.2, 0) is 14.3 Å². The van der Waals surface area contributed by atoms with Gasteiger partial charge in [-0.25, -0.2) is 0 Å². The molecule has 0 aromatic carbocycles. The van der Waals surface area contributed by atoms with Crippen LogP contribution >= 0.6 is 0 Å². The average molecular weight is 188 g/mol. The zero-order chi connectivity index (χ0) is 10.5. The van der Waals surface area contributed by atoms with Gasteiger partial charge in [-0.2, -0.15) is 0 Å². The summed E-state index contributed by atoms with van der Waals surface area (Å²) in [4.78, 5) is 11.2. The summed E-state index contributed by atoms with van der Waals surface area (Å²) < 4.78 is 10.2. The van der Waals surface area contributed by atoms with E-state index in [0.717, 1.165) is 0 Å². The van der Waals surface area contributed by atoms with E-state index in [1.807, 2.05) is 27.7 Å². The fourth-order valence-electron chi connectivity index (χ4n) is 0.832. The van der Waals surface area contributed by atoms with Gasteiger partial charge in [0.1, 0.15) is 5.60 Å². The first-order valence-electron chi connectivity index (χ1n) is 4.60. The maximum atomic E-state index is 11.2. The SMILES string of the molecule is CO[C@H](C)CCC(=O)OC(C)(C)C. The van der Waals surface area contributed by atoms with Crippen LogP contribution in [0.3, 0.4) is 0 Å². The van der Waals surface area contributed by atoms with Crippen LogP contribution < -0.4 is 0 Å². The molecule has 0 radical (unpaired) electrons. The lowest BCUT2D eigenvalue weighted by atomic mass is 10.2. The van der Waals surface area contributed by atoms with E-state index in [1.54, 1.807) is 7.11 Å². The van der Waals surface area contributed by atoms with E-state index in [2.05, 4.69) is 0 Å². The lowest BCUT2D eigenvalue weighted by Crippen LogP contribution is -2.24. The van der Waals surface area contributed by atoms with Gasteiger partial charge >= 0.3 is 5.97 Å². The normalized spacial score (nSPS) is 13.9. The van der Waals surface area contributed by atoms with Crippen LogP contribution in [0.1, 0.15) is 40.5 Å². The van der Waals surface area contributed by atoms with E-state index in [9.17, 15) is 4.79 Å². The minimum Gasteiger partial charge on any atom is -0.460 e. The molecule has 0 fully saturated rings. The molecule has 0 N–H and O–H groups in total. The summed E-state index contributed by atoms with van der Waals surface area (Å²) in [5, 5.41) is 0. The Morgan fingerprint density at radius 2 is 1.92 bits per heavy atom. The number of carbonyl (C=O) groups is 1. The Labute approximate surface area is 80.4 Å². The summed E-state index contributed by atoms with van der Waals surface area (Å²) >= 11 is 0. The highest BCUT2D eigenvalue weighted by atomic mass is 16.6. The predicted molar refractivity (Wildman–Crippen MR) is 51.6 cm³/mol. The molecule has 0 saturated heterocycles. The molecule has 78 valence electrons. The molecule has 3 heteroatoms. The van der Waals surface area contributed by atoms with Crippen LogP contribution in [0.2, 0.25) is 0 Å². The molecule has 13 heavy (non-hydrogen) atoms. The molecule has 1 atom stereocenters. The fraction of sp³-hybridized carbons (Fsp3) is 0.900. The zero-order valence-corrected chi connectivity index (χ0v) is 9.22. The van der Waals surface area contributed by atoms with E-state index < -0.39 is 0 Å². The van der Waals surface area contributed by atoms with Crippen LogP contribution in [0.4, 0.5) is 0 Å². The van der Waals surface area contributed by atoms with Gasteiger partial charge in [-0.1, -0.05) is 0 Å². The lowest BCUT2D eigenvalue weighted by molar-refractivity contribution is -0.155. The Balaban J connectivity index is 3.64. The summed E-state index contributed by atoms with van der Waals surface area (Å²) in [6.07, 6.45) is 1.25. The molecule has 0 aliphatic carbocycles. The largest absolute Gasteiger partial charge is 0.460 e. The van der Waals surface area contributed by atoms with Gasteiger partial charge in [0.25, 0.3) is 0 Å². The highest BCUT2D eigenvalue weighted by molar-refractivity contribution is 5.69. The number of rotatable bonds is 4. The smallest absolute Gasteiger partial charge is 0.306 e. The van der Waals surface area contributed by atoms with Crippen LogP contribution in [0.15, 0.2) is 0 Å². The van der Waals surface area contributed by atoms with Crippen molar-refractivity contribution in [1.29, 1.82) is 0 Å². The third kappa shape index (κ3) is 7.78. The fourth-order valence-corrected chi connectivity index (χ4v) is 0.832. The highest BCUT2D eigenvalue weighted by Crippen LogP contribution is 2.10. The van der Waals surface area contributed by atoms with Gasteiger partial charge in [-0.3, -0.25) is 4.79 Å². The second-order valence-corrected chi connectivity index (χ2v) is 4.17. The van der Waals surface area contributed by atoms with E-state index in [4.69, 9.17) is 9.47 Å². The molecule has 3 nitrogen and oxygen atoms in total. The van der Waals surface area contributed by atoms with Crippen molar-refractivity contribution in [2.24, 2.45) is 0 Å². The number of esters is 1. The van der Waals surface area contributed by atoms with Crippen LogP contribution in [-0.4, -0.2) is 24.8 Å². The standard InChI is InChI=1S/C10H20O3/c1-8(12-5)6-7-9(11)13-10(2,3)4/h8H,6-7H2,1-5H3/t8-/m1/s1. The number of ether oxygens (including phenoxy) is 2. The second-order valence-electron chi connectivity index (χ2n) is 4.17. The highest BCUT2D eigenvalue weighted by Gasteiger charge is 2.16. The molecule has 0 aromatic rings. The van der Waals surface area contributed by atoms with E-state index in [0.29, 0.717) is 12.8 Å². The summed E-state index contributed by atoms with van der Waals surface area (Å²) in [6, 6.07) is 0. The first kappa shape index (κ1) is 12.4. The summed E-state index contributed by atoms with van der Waals surface area (Å²) in [6.45, 7) is 7.53. The van der Waals surface area contributed by atoms with E-state index >= 15 is 0 Å². The zero-order valence-electron chi connectivity index (χ0n) is 9.22. The number of methoxy groups -OCH3 is 1. The van der Waals surface area contributed by atoms with Crippen molar-refractivity contribution in [3.05, 3.63) is 0 Å². The maximum absolute atomic E-state index is 11.2. The third-order valence-electron chi connectivity index (χ3n) is 1.58. The Morgan fingerprint density at radius 3 is 2.31 bits per heavy atom. The molecule has 0 spiro atoms. The van der Waals surface area contributed by atoms with Crippen molar-refractivity contribution >= 4 is 5.97 Å². The molecule has 0 saturated carbocycles. The molecule has 0 aliphatic rings. The van der Waals surface area contributed by atoms with Crippen LogP contribution in [0.5, 0.6) is 0 Å². The van der Waals surface area contributed by atoms with E-state index in [1.165, 1.54) is 0 Å². The first-order valence-corrected chi connectivity index (χ1v) is 4.60. The molecule has 0 aliphatic heterocycles. The van der Waals surface area contributed by atoms with E-state index in [-0.39, 0.29) is 17.7 Å². The van der Waals surface area contributed by atoms with Crippen molar-refractivity contribution in [2.45, 2.75) is 52.2 Å². The average Bonchev–Trinajstić information content (AvgIpc) is 1.97. The van der Waals surface area contributed by atoms with Crippen molar-refractivity contribution in [2.75, 3.05) is 7.11 Å². The van der Waals surface area contributed by atoms with Crippen molar-refractivity contribution < 1.29 is 14.3 Å². The van der Waals surface area contributed by atoms with Gasteiger partial charge < -0.3 is 9.47 Å². The van der Waals surface area contributed by atoms with Crippen LogP contribution in [0, 0.1) is 0 Å². The summed E-state index contributed by atoms with van der Waals surface area (Å²) in [5.41, 5.74) is -0.382. The molecular weight excluding hydrogens is 168 g/mol. The Hall–Kier alpha value is -0.570. The topological polar surface area (TPSA) is 35.5 Å². The number of hydrogen-bond donors (Lipinski definition) is 0. The lowest BCUT2D eigenvalue weighted by Gasteiger charge is -2.19. The van der Waals surface area contributed by atoms with Crippen LogP contribution in [0.25, 0.3) is 0 Å². The minimum absolute atomic E-state index is 0.118. The first-order chi connectivity index (χ1) is 5.85. The Kier molecular flexibility index (Phi) is 4.99. The predicted octanol–water partition coefficient (Wildman–Crippen LogP) is 2.14. The van der Waals surface area contributed by atoms with Gasteiger partial charge in [0.15, 0.2) is 0 Å². The van der Waals surface area contributed by atoms with Gasteiger partial charge in [0.2, 0.25) is 0 Å². The maximum Gasteiger partial charge on any atom is 0.306 e. The molecule has 0 aromatic heterocycles. The molecule has 0 rings (SSSR count). The van der Waals surface area contributed by atoms with Crippen molar-refractivity contribution in [3.8, 4) is 0 Å². The minimum atomic E-state index is -0.382. The molecule has 0 bridgehead atoms. The monoisotopic (exact) mass is 188 g/mol. The van der Waals surface area contributed by atoms with Gasteiger partial charge in [0, 0.05) is 13.5 Å². The van der Waals surface area contributed by atoms with Crippen molar-refractivity contribution in [3.63, 3.8) is 0 Å². The summed E-state index contributed by atoms with van der Waals surface area (Å²) in [7, 11) is 1.64. The number of hydrogen-bond acceptors (Lipinski definition) is 3. The quantitative estimate of drug-likeness (QED) is 0.634. The molecular formula is C10H20O3. The Bertz CT molecular complexity index is 158. The Morgan fingerprint density at radius 1 is 1.38 bits per heavy atom. The molecule has 0 heterocycles. The molecule has 0 amide bonds. The second kappa shape index (κ2) is 5.22. The number of carbonyl (C=O) groups excluding carboxylic acids is 1. The van der Waals surface area contributed by atoms with Gasteiger partial charge in [-0.15, -0.1) is 0 Å². The summed E-state index contributed by atoms with van der Waals surface area (Å²) in [5.74, 6) is -0.156. The van der Waals surface area contributed by atoms with Gasteiger partial charge in [0.05, 0.1) is 6.10 Å². The van der Waals surface area contributed by atoms with Gasteiger partial charge in [-0.05, 0) is 34.1 Å². The third-order valence-corrected chi connectivity index (χ3v) is 1.58. The van der Waals surface area contributed by atoms with Crippen molar-refractivity contribution in [1.82, 2.24) is 0 Å². The molecule has 0 unspecified atom stereocenters.